The lowest BCUT2D eigenvalue weighted by atomic mass is 9.96. The predicted octanol–water partition coefficient (Wildman–Crippen LogP) is 0.868. The topological polar surface area (TPSA) is 59.3 Å². The van der Waals surface area contributed by atoms with E-state index in [9.17, 15) is 4.79 Å². The minimum absolute atomic E-state index is 0.154. The van der Waals surface area contributed by atoms with Crippen LogP contribution in [-0.2, 0) is 14.3 Å². The van der Waals surface area contributed by atoms with Crippen molar-refractivity contribution in [2.75, 3.05) is 13.2 Å². The first kappa shape index (κ1) is 10.0. The maximum Gasteiger partial charge on any atom is 0.309 e. The summed E-state index contributed by atoms with van der Waals surface area (Å²) in [6.07, 6.45) is 0.690. The Morgan fingerprint density at radius 2 is 2.54 bits per heavy atom. The highest BCUT2D eigenvalue weighted by molar-refractivity contribution is 5.72. The fraction of sp³-hybridized carbons (Fsp3) is 0.778. The van der Waals surface area contributed by atoms with Gasteiger partial charge in [-0.15, -0.1) is 0 Å². The molecule has 1 heterocycles. The highest BCUT2D eigenvalue weighted by atomic mass is 16.5. The molecule has 0 aliphatic carbocycles. The summed E-state index contributed by atoms with van der Waals surface area (Å²) < 4.78 is 9.99. The van der Waals surface area contributed by atoms with E-state index in [1.165, 1.54) is 0 Å². The van der Waals surface area contributed by atoms with Gasteiger partial charge < -0.3 is 9.47 Å². The van der Waals surface area contributed by atoms with Crippen molar-refractivity contribution in [3.05, 3.63) is 0 Å². The van der Waals surface area contributed by atoms with Crippen LogP contribution in [0.4, 0.5) is 0 Å². The maximum atomic E-state index is 11.3. The fourth-order valence-corrected chi connectivity index (χ4v) is 1.36. The van der Waals surface area contributed by atoms with Crippen molar-refractivity contribution in [1.82, 2.24) is 0 Å². The summed E-state index contributed by atoms with van der Waals surface area (Å²) >= 11 is 0. The molecule has 4 nitrogen and oxygen atoms in total. The Balaban J connectivity index is 2.42. The molecule has 13 heavy (non-hydrogen) atoms. The van der Waals surface area contributed by atoms with Gasteiger partial charge in [0.15, 0.2) is 0 Å². The van der Waals surface area contributed by atoms with E-state index in [0.717, 1.165) is 0 Å². The zero-order chi connectivity index (χ0) is 9.68. The van der Waals surface area contributed by atoms with Crippen LogP contribution in [0.5, 0.6) is 0 Å². The largest absolute Gasteiger partial charge is 0.466 e. The highest BCUT2D eigenvalue weighted by Crippen LogP contribution is 2.20. The summed E-state index contributed by atoms with van der Waals surface area (Å²) in [5, 5.41) is 8.59. The van der Waals surface area contributed by atoms with Gasteiger partial charge in [-0.25, -0.2) is 0 Å². The van der Waals surface area contributed by atoms with E-state index in [1.807, 2.05) is 6.07 Å². The van der Waals surface area contributed by atoms with Crippen molar-refractivity contribution >= 4 is 5.97 Å². The van der Waals surface area contributed by atoms with Gasteiger partial charge in [-0.2, -0.15) is 5.26 Å². The number of ether oxygens (including phenoxy) is 2. The number of nitriles is 1. The molecule has 0 aromatic rings. The fourth-order valence-electron chi connectivity index (χ4n) is 1.36. The van der Waals surface area contributed by atoms with Gasteiger partial charge in [-0.05, 0) is 13.3 Å². The summed E-state index contributed by atoms with van der Waals surface area (Å²) in [4.78, 5) is 11.3. The second-order valence-electron chi connectivity index (χ2n) is 2.96. The minimum Gasteiger partial charge on any atom is -0.466 e. The van der Waals surface area contributed by atoms with Gasteiger partial charge in [-0.1, -0.05) is 0 Å². The SMILES string of the molecule is CCOC(=O)C1CCOC(C#N)C1. The highest BCUT2D eigenvalue weighted by Gasteiger charge is 2.28. The molecular formula is C9H13NO3. The Hall–Kier alpha value is -1.08. The van der Waals surface area contributed by atoms with Gasteiger partial charge >= 0.3 is 5.97 Å². The van der Waals surface area contributed by atoms with Crippen LogP contribution in [0.15, 0.2) is 0 Å². The average Bonchev–Trinajstić information content (AvgIpc) is 2.18. The standard InChI is InChI=1S/C9H13NO3/c1-2-12-9(11)7-3-4-13-8(5-7)6-10/h7-8H,2-5H2,1H3. The molecule has 0 spiro atoms. The first-order valence-corrected chi connectivity index (χ1v) is 4.45. The van der Waals surface area contributed by atoms with Crippen molar-refractivity contribution in [2.45, 2.75) is 25.9 Å². The lowest BCUT2D eigenvalue weighted by Gasteiger charge is -2.23. The molecule has 0 saturated carbocycles. The minimum atomic E-state index is -0.442. The van der Waals surface area contributed by atoms with E-state index in [1.54, 1.807) is 6.92 Å². The number of hydrogen-bond donors (Lipinski definition) is 0. The van der Waals surface area contributed by atoms with Gasteiger partial charge in [0.2, 0.25) is 0 Å². The molecule has 0 N–H and O–H groups in total. The molecule has 2 atom stereocenters. The molecule has 1 rings (SSSR count). The van der Waals surface area contributed by atoms with Gasteiger partial charge in [0.05, 0.1) is 18.6 Å². The van der Waals surface area contributed by atoms with Crippen molar-refractivity contribution in [3.8, 4) is 6.07 Å². The van der Waals surface area contributed by atoms with Crippen molar-refractivity contribution < 1.29 is 14.3 Å². The van der Waals surface area contributed by atoms with E-state index in [0.29, 0.717) is 26.1 Å². The zero-order valence-corrected chi connectivity index (χ0v) is 7.66. The summed E-state index contributed by atoms with van der Waals surface area (Å²) in [5.74, 6) is -0.357. The van der Waals surface area contributed by atoms with E-state index in [2.05, 4.69) is 0 Å². The number of esters is 1. The van der Waals surface area contributed by atoms with Crippen molar-refractivity contribution in [3.63, 3.8) is 0 Å². The normalized spacial score (nSPS) is 27.7. The number of carbonyl (C=O) groups is 1. The molecule has 2 unspecified atom stereocenters. The van der Waals surface area contributed by atoms with Crippen LogP contribution in [0.2, 0.25) is 0 Å². The maximum absolute atomic E-state index is 11.3. The summed E-state index contributed by atoms with van der Waals surface area (Å²) in [6.45, 7) is 2.65. The van der Waals surface area contributed by atoms with Crippen LogP contribution in [0.3, 0.4) is 0 Å². The second-order valence-corrected chi connectivity index (χ2v) is 2.96. The Morgan fingerprint density at radius 1 is 1.77 bits per heavy atom. The van der Waals surface area contributed by atoms with Gasteiger partial charge in [-0.3, -0.25) is 4.79 Å². The molecule has 0 bridgehead atoms. The zero-order valence-electron chi connectivity index (χ0n) is 7.66. The van der Waals surface area contributed by atoms with Crippen LogP contribution in [0.25, 0.3) is 0 Å². The van der Waals surface area contributed by atoms with Gasteiger partial charge in [0, 0.05) is 13.0 Å². The van der Waals surface area contributed by atoms with E-state index >= 15 is 0 Å². The van der Waals surface area contributed by atoms with Crippen LogP contribution in [-0.4, -0.2) is 25.3 Å². The van der Waals surface area contributed by atoms with Crippen molar-refractivity contribution in [1.29, 1.82) is 5.26 Å². The summed E-state index contributed by atoms with van der Waals surface area (Å²) in [7, 11) is 0. The van der Waals surface area contributed by atoms with Crippen molar-refractivity contribution in [2.24, 2.45) is 5.92 Å². The third-order valence-electron chi connectivity index (χ3n) is 2.05. The van der Waals surface area contributed by atoms with Gasteiger partial charge in [0.1, 0.15) is 6.10 Å². The molecule has 0 aromatic heterocycles. The predicted molar refractivity (Wildman–Crippen MR) is 44.7 cm³/mol. The monoisotopic (exact) mass is 183 g/mol. The number of hydrogen-bond acceptors (Lipinski definition) is 4. The Kier molecular flexibility index (Phi) is 3.71. The first-order chi connectivity index (χ1) is 6.27. The molecule has 0 aromatic carbocycles. The third-order valence-corrected chi connectivity index (χ3v) is 2.05. The van der Waals surface area contributed by atoms with E-state index in [-0.39, 0.29) is 11.9 Å². The van der Waals surface area contributed by atoms with Gasteiger partial charge in [0.25, 0.3) is 0 Å². The third kappa shape index (κ3) is 2.71. The number of rotatable bonds is 2. The van der Waals surface area contributed by atoms with Crippen LogP contribution < -0.4 is 0 Å². The molecule has 0 radical (unpaired) electrons. The molecule has 1 aliphatic rings. The molecule has 0 amide bonds. The smallest absolute Gasteiger partial charge is 0.309 e. The van der Waals surface area contributed by atoms with E-state index in [4.69, 9.17) is 14.7 Å². The molecule has 1 saturated heterocycles. The Bertz CT molecular complexity index is 221. The molecule has 1 aliphatic heterocycles. The average molecular weight is 183 g/mol. The molecule has 1 fully saturated rings. The summed E-state index contributed by atoms with van der Waals surface area (Å²) in [5.41, 5.74) is 0. The van der Waals surface area contributed by atoms with Crippen LogP contribution >= 0.6 is 0 Å². The van der Waals surface area contributed by atoms with Crippen LogP contribution in [0.1, 0.15) is 19.8 Å². The Labute approximate surface area is 77.4 Å². The first-order valence-electron chi connectivity index (χ1n) is 4.45. The number of carbonyl (C=O) groups excluding carboxylic acids is 1. The quantitative estimate of drug-likeness (QED) is 0.596. The summed E-state index contributed by atoms with van der Waals surface area (Å²) in [6, 6.07) is 2.00. The second kappa shape index (κ2) is 4.83. The molecule has 72 valence electrons. The van der Waals surface area contributed by atoms with E-state index < -0.39 is 6.10 Å². The van der Waals surface area contributed by atoms with Crippen LogP contribution in [0, 0.1) is 17.2 Å². The molecular weight excluding hydrogens is 170 g/mol. The number of nitrogens with zero attached hydrogens (tertiary/aromatic N) is 1. The Morgan fingerprint density at radius 3 is 3.15 bits per heavy atom. The lowest BCUT2D eigenvalue weighted by Crippen LogP contribution is -2.30. The molecule has 4 heteroatoms. The lowest BCUT2D eigenvalue weighted by molar-refractivity contribution is -0.152.